The Morgan fingerprint density at radius 1 is 0.569 bits per heavy atom. The molecule has 8 aromatic rings. The Kier molecular flexibility index (Phi) is 12.6. The summed E-state index contributed by atoms with van der Waals surface area (Å²) in [5.41, 5.74) is 0.492. The summed E-state index contributed by atoms with van der Waals surface area (Å²) in [6.07, 6.45) is 3.57. The lowest BCUT2D eigenvalue weighted by Crippen LogP contribution is -2.41. The molecule has 6 heterocycles. The number of fused-ring (bicyclic) bond motifs is 3. The second-order valence-corrected chi connectivity index (χ2v) is 18.3. The van der Waals surface area contributed by atoms with Crippen molar-refractivity contribution in [3.63, 3.8) is 0 Å². The Bertz CT molecular complexity index is 2200. The Balaban J connectivity index is 0.000000124. The van der Waals surface area contributed by atoms with Gasteiger partial charge in [-0.25, -0.2) is 4.98 Å². The van der Waals surface area contributed by atoms with Crippen molar-refractivity contribution in [2.24, 2.45) is 0 Å². The van der Waals surface area contributed by atoms with E-state index in [-0.39, 0.29) is 18.3 Å². The van der Waals surface area contributed by atoms with Crippen LogP contribution in [0.4, 0.5) is 0 Å². The highest BCUT2D eigenvalue weighted by Crippen LogP contribution is 2.37. The van der Waals surface area contributed by atoms with Crippen LogP contribution in [0.3, 0.4) is 0 Å². The molecule has 1 saturated heterocycles. The number of benzene rings is 3. The van der Waals surface area contributed by atoms with Crippen molar-refractivity contribution in [3.05, 3.63) is 147 Å². The zero-order valence-electron chi connectivity index (χ0n) is 28.3. The largest absolute Gasteiger partial charge is 0.505 e. The highest BCUT2D eigenvalue weighted by atomic mass is 79.9. The van der Waals surface area contributed by atoms with Gasteiger partial charge in [0, 0.05) is 40.2 Å². The minimum Gasteiger partial charge on any atom is -0.399 e. The molecule has 1 aliphatic heterocycles. The van der Waals surface area contributed by atoms with E-state index in [1.54, 1.807) is 40.2 Å². The van der Waals surface area contributed by atoms with E-state index in [2.05, 4.69) is 182 Å². The molecule has 1 fully saturated rings. The minimum absolute atomic E-state index is 0.243. The van der Waals surface area contributed by atoms with E-state index in [1.165, 1.54) is 35.1 Å². The first-order chi connectivity index (χ1) is 24.5. The van der Waals surface area contributed by atoms with Crippen LogP contribution >= 0.6 is 81.8 Å². The molecule has 0 saturated carbocycles. The van der Waals surface area contributed by atoms with Gasteiger partial charge in [-0.1, -0.05) is 54.6 Å². The first-order valence-corrected chi connectivity index (χ1v) is 21.0. The van der Waals surface area contributed by atoms with E-state index in [9.17, 15) is 0 Å². The van der Waals surface area contributed by atoms with Gasteiger partial charge in [-0.05, 0) is 158 Å². The molecule has 0 aliphatic carbocycles. The van der Waals surface area contributed by atoms with Gasteiger partial charge in [0.2, 0.25) is 0 Å². The molecule has 0 atom stereocenters. The number of hydrogen-bond donors (Lipinski definition) is 0. The van der Waals surface area contributed by atoms with Gasteiger partial charge in [-0.2, -0.15) is 0 Å². The average molecular weight is 921 g/mol. The number of nitrogens with zero attached hydrogens (tertiary/aromatic N) is 2. The van der Waals surface area contributed by atoms with Gasteiger partial charge in [0.1, 0.15) is 4.60 Å². The Morgan fingerprint density at radius 2 is 1.12 bits per heavy atom. The molecular weight excluding hydrogens is 887 g/mol. The number of rotatable bonds is 2. The van der Waals surface area contributed by atoms with E-state index in [0.29, 0.717) is 0 Å². The lowest BCUT2D eigenvalue weighted by atomic mass is 9.87. The standard InChI is InChI=1S/C14H17BO2S.C13H8BrNS.C8H6S.C5H3Br2N/c1-13(2)14(3,4)17-15(16-13)12-9-10-7-5-6-8-11(10)18-12;14-10-5-6-11(15-8-10)13-7-9-3-1-2-4-12(9)16-13;1-2-4-8-7(3-1)5-6-9-8;6-4-1-2-5(7)8-3-4/h5-9H,1-4H3;1-8H;1-6H;1-3H. The van der Waals surface area contributed by atoms with Crippen LogP contribution in [-0.2, 0) is 9.31 Å². The van der Waals surface area contributed by atoms with Gasteiger partial charge >= 0.3 is 7.12 Å². The van der Waals surface area contributed by atoms with Crippen LogP contribution in [0.15, 0.2) is 147 Å². The van der Waals surface area contributed by atoms with Crippen molar-refractivity contribution in [2.45, 2.75) is 38.9 Å². The fourth-order valence-corrected chi connectivity index (χ4v) is 8.53. The van der Waals surface area contributed by atoms with E-state index < -0.39 is 0 Å². The number of hydrogen-bond acceptors (Lipinski definition) is 7. The van der Waals surface area contributed by atoms with Crippen molar-refractivity contribution in [1.29, 1.82) is 0 Å². The lowest BCUT2D eigenvalue weighted by Gasteiger charge is -2.32. The molecule has 3 aromatic carbocycles. The number of halogens is 3. The maximum Gasteiger partial charge on any atom is 0.505 e. The molecule has 0 radical (unpaired) electrons. The van der Waals surface area contributed by atoms with Crippen LogP contribution < -0.4 is 4.78 Å². The summed E-state index contributed by atoms with van der Waals surface area (Å²) in [7, 11) is -0.243. The molecule has 0 bridgehead atoms. The SMILES string of the molecule is Brc1ccc(-c2cc3ccccc3s2)nc1.Brc1ccc(Br)nc1.CC1(C)OB(c2cc3ccccc3s2)OC1(C)C.c1ccc2sccc2c1. The molecule has 1 aliphatic rings. The maximum absolute atomic E-state index is 6.07. The Labute approximate surface area is 336 Å². The van der Waals surface area contributed by atoms with Crippen LogP contribution in [0.5, 0.6) is 0 Å². The first-order valence-electron chi connectivity index (χ1n) is 16.1. The summed E-state index contributed by atoms with van der Waals surface area (Å²) in [4.78, 5) is 9.57. The monoisotopic (exact) mass is 918 g/mol. The van der Waals surface area contributed by atoms with E-state index in [1.807, 2.05) is 30.5 Å². The van der Waals surface area contributed by atoms with Gasteiger partial charge in [0.05, 0.1) is 21.8 Å². The third-order valence-corrected chi connectivity index (χ3v) is 13.0. The highest BCUT2D eigenvalue weighted by Gasteiger charge is 2.52. The summed E-state index contributed by atoms with van der Waals surface area (Å²) in [6, 6.07) is 39.5. The molecule has 9 rings (SSSR count). The predicted octanol–water partition coefficient (Wildman–Crippen LogP) is 13.4. The summed E-state index contributed by atoms with van der Waals surface area (Å²) in [5, 5.41) is 6.01. The molecular formula is C40H34BBr3N2O2S3. The molecule has 0 unspecified atom stereocenters. The van der Waals surface area contributed by atoms with Crippen LogP contribution in [0.25, 0.3) is 40.8 Å². The van der Waals surface area contributed by atoms with Gasteiger partial charge < -0.3 is 9.31 Å². The third kappa shape index (κ3) is 9.83. The molecule has 51 heavy (non-hydrogen) atoms. The fraction of sp³-hybridized carbons (Fsp3) is 0.150. The van der Waals surface area contributed by atoms with Gasteiger partial charge in [-0.15, -0.1) is 34.0 Å². The van der Waals surface area contributed by atoms with Crippen LogP contribution in [-0.4, -0.2) is 28.3 Å². The summed E-state index contributed by atoms with van der Waals surface area (Å²) < 4.78 is 20.1. The highest BCUT2D eigenvalue weighted by molar-refractivity contribution is 9.11. The average Bonchev–Trinajstić information content (AvgIpc) is 3.91. The molecule has 11 heteroatoms. The van der Waals surface area contributed by atoms with Crippen LogP contribution in [0.2, 0.25) is 0 Å². The van der Waals surface area contributed by atoms with Crippen molar-refractivity contribution in [1.82, 2.24) is 9.97 Å². The topological polar surface area (TPSA) is 44.2 Å². The van der Waals surface area contributed by atoms with Crippen LogP contribution in [0.1, 0.15) is 27.7 Å². The lowest BCUT2D eigenvalue weighted by molar-refractivity contribution is 0.00578. The smallest absolute Gasteiger partial charge is 0.399 e. The molecule has 0 spiro atoms. The molecule has 0 N–H and O–H groups in total. The Morgan fingerprint density at radius 3 is 1.65 bits per heavy atom. The minimum atomic E-state index is -0.270. The molecule has 4 nitrogen and oxygen atoms in total. The van der Waals surface area contributed by atoms with Gasteiger partial charge in [0.25, 0.3) is 0 Å². The number of pyridine rings is 2. The zero-order chi connectivity index (χ0) is 36.0. The summed E-state index contributed by atoms with van der Waals surface area (Å²) in [6.45, 7) is 8.33. The van der Waals surface area contributed by atoms with Crippen molar-refractivity contribution >= 4 is 124 Å². The summed E-state index contributed by atoms with van der Waals surface area (Å²) in [5.74, 6) is 0. The quantitative estimate of drug-likeness (QED) is 0.128. The first kappa shape index (κ1) is 38.0. The molecule has 0 amide bonds. The third-order valence-electron chi connectivity index (χ3n) is 8.39. The second-order valence-electron chi connectivity index (χ2n) is 12.5. The number of thiophene rings is 3. The normalized spacial score (nSPS) is 14.3. The molecule has 5 aromatic heterocycles. The Hall–Kier alpha value is -2.74. The zero-order valence-corrected chi connectivity index (χ0v) is 35.6. The number of aromatic nitrogens is 2. The van der Waals surface area contributed by atoms with E-state index in [0.717, 1.165) is 24.0 Å². The molecule has 258 valence electrons. The van der Waals surface area contributed by atoms with Gasteiger partial charge in [0.15, 0.2) is 0 Å². The van der Waals surface area contributed by atoms with E-state index in [4.69, 9.17) is 9.31 Å². The van der Waals surface area contributed by atoms with Crippen molar-refractivity contribution < 1.29 is 9.31 Å². The maximum atomic E-state index is 6.07. The fourth-order valence-electron chi connectivity index (χ4n) is 4.97. The van der Waals surface area contributed by atoms with Gasteiger partial charge in [-0.3, -0.25) is 4.98 Å². The van der Waals surface area contributed by atoms with Crippen LogP contribution in [0, 0.1) is 0 Å². The van der Waals surface area contributed by atoms with Crippen molar-refractivity contribution in [2.75, 3.05) is 0 Å². The van der Waals surface area contributed by atoms with E-state index >= 15 is 0 Å². The predicted molar refractivity (Wildman–Crippen MR) is 232 cm³/mol. The second kappa shape index (κ2) is 16.9. The van der Waals surface area contributed by atoms with Crippen molar-refractivity contribution in [3.8, 4) is 10.6 Å². The summed E-state index contributed by atoms with van der Waals surface area (Å²) >= 11 is 15.2.